The van der Waals surface area contributed by atoms with Gasteiger partial charge in [-0.1, -0.05) is 0 Å². The van der Waals surface area contributed by atoms with E-state index in [1.165, 1.54) is 19.2 Å². The molecule has 2 aromatic heterocycles. The molecule has 7 heteroatoms. The Morgan fingerprint density at radius 2 is 1.96 bits per heavy atom. The zero-order valence-corrected chi connectivity index (χ0v) is 12.9. The number of nitrogen functional groups attached to an aromatic ring is 1. The molecule has 2 N–H and O–H groups in total. The number of carbonyl (C=O) groups excluding carboxylic acids is 1. The molecule has 0 aliphatic rings. The summed E-state index contributed by atoms with van der Waals surface area (Å²) in [6.45, 7) is 0.00224. The molecule has 0 radical (unpaired) electrons. The second-order valence-corrected chi connectivity index (χ2v) is 5.12. The molecule has 24 heavy (non-hydrogen) atoms. The third-order valence-corrected chi connectivity index (χ3v) is 3.54. The van der Waals surface area contributed by atoms with Gasteiger partial charge >= 0.3 is 5.97 Å². The Kier molecular flexibility index (Phi) is 4.24. The number of nitrogens with zero attached hydrogens (tertiary/aromatic N) is 3. The van der Waals surface area contributed by atoms with Gasteiger partial charge in [0, 0.05) is 17.3 Å². The van der Waals surface area contributed by atoms with E-state index in [0.29, 0.717) is 17.2 Å². The van der Waals surface area contributed by atoms with Crippen LogP contribution < -0.4 is 5.73 Å². The number of halogens is 1. The maximum atomic E-state index is 13.2. The summed E-state index contributed by atoms with van der Waals surface area (Å²) in [7, 11) is 1.32. The molecule has 0 spiro atoms. The van der Waals surface area contributed by atoms with E-state index in [1.54, 1.807) is 41.4 Å². The van der Waals surface area contributed by atoms with Gasteiger partial charge in [-0.15, -0.1) is 0 Å². The summed E-state index contributed by atoms with van der Waals surface area (Å²) in [5, 5.41) is 0. The first-order chi connectivity index (χ1) is 11.6. The normalized spacial score (nSPS) is 10.6. The van der Waals surface area contributed by atoms with Crippen molar-refractivity contribution in [2.45, 2.75) is 6.54 Å². The number of ether oxygens (including phenoxy) is 1. The van der Waals surface area contributed by atoms with Gasteiger partial charge in [0.15, 0.2) is 0 Å². The molecule has 2 heterocycles. The second kappa shape index (κ2) is 6.49. The molecule has 0 unspecified atom stereocenters. The van der Waals surface area contributed by atoms with E-state index in [-0.39, 0.29) is 12.4 Å². The highest BCUT2D eigenvalue weighted by Gasteiger charge is 2.17. The van der Waals surface area contributed by atoms with Crippen LogP contribution in [0, 0.1) is 5.82 Å². The average molecular weight is 326 g/mol. The van der Waals surface area contributed by atoms with Crippen molar-refractivity contribution in [1.29, 1.82) is 0 Å². The van der Waals surface area contributed by atoms with Crippen LogP contribution in [-0.4, -0.2) is 27.6 Å². The fourth-order valence-corrected chi connectivity index (χ4v) is 2.42. The Morgan fingerprint density at radius 3 is 2.62 bits per heavy atom. The number of pyridine rings is 1. The number of imidazole rings is 1. The van der Waals surface area contributed by atoms with E-state index in [4.69, 9.17) is 10.5 Å². The zero-order valence-electron chi connectivity index (χ0n) is 12.9. The smallest absolute Gasteiger partial charge is 0.325 e. The average Bonchev–Trinajstić information content (AvgIpc) is 2.99. The summed E-state index contributed by atoms with van der Waals surface area (Å²) in [6, 6.07) is 9.45. The van der Waals surface area contributed by atoms with Gasteiger partial charge in [-0.05, 0) is 36.4 Å². The van der Waals surface area contributed by atoms with Gasteiger partial charge in [0.2, 0.25) is 0 Å². The van der Waals surface area contributed by atoms with Crippen LogP contribution >= 0.6 is 0 Å². The monoisotopic (exact) mass is 326 g/mol. The summed E-state index contributed by atoms with van der Waals surface area (Å²) in [6.07, 6.45) is 3.12. The Bertz CT molecular complexity index is 875. The van der Waals surface area contributed by atoms with Gasteiger partial charge in [0.1, 0.15) is 18.2 Å². The van der Waals surface area contributed by atoms with Crippen molar-refractivity contribution in [3.63, 3.8) is 0 Å². The van der Waals surface area contributed by atoms with Gasteiger partial charge < -0.3 is 15.0 Å². The highest BCUT2D eigenvalue weighted by molar-refractivity contribution is 5.80. The Labute approximate surface area is 137 Å². The molecule has 3 rings (SSSR count). The lowest BCUT2D eigenvalue weighted by Crippen LogP contribution is -2.11. The number of hydrogen-bond acceptors (Lipinski definition) is 5. The van der Waals surface area contributed by atoms with Crippen LogP contribution in [0.4, 0.5) is 10.2 Å². The van der Waals surface area contributed by atoms with Gasteiger partial charge in [-0.3, -0.25) is 4.79 Å². The summed E-state index contributed by atoms with van der Waals surface area (Å²) < 4.78 is 19.6. The molecule has 0 amide bonds. The van der Waals surface area contributed by atoms with Crippen LogP contribution in [0.3, 0.4) is 0 Å². The molecular formula is C17H15FN4O2. The molecule has 1 aromatic carbocycles. The third-order valence-electron chi connectivity index (χ3n) is 3.54. The van der Waals surface area contributed by atoms with Crippen molar-refractivity contribution in [1.82, 2.24) is 14.5 Å². The number of esters is 1. The number of benzene rings is 1. The number of anilines is 1. The quantitative estimate of drug-likeness (QED) is 0.745. The maximum Gasteiger partial charge on any atom is 0.325 e. The molecule has 6 nitrogen and oxygen atoms in total. The molecule has 0 aliphatic heterocycles. The molecule has 0 bridgehead atoms. The van der Waals surface area contributed by atoms with Crippen LogP contribution in [0.2, 0.25) is 0 Å². The standard InChI is InChI=1S/C17H15FN4O2/c1-24-15(23)9-22-10-21-16(11-2-4-13(18)5-3-11)17(22)12-6-7-20-14(19)8-12/h2-8,10H,9H2,1H3,(H2,19,20). The van der Waals surface area contributed by atoms with E-state index in [9.17, 15) is 9.18 Å². The summed E-state index contributed by atoms with van der Waals surface area (Å²) in [5.41, 5.74) is 8.55. The van der Waals surface area contributed by atoms with Crippen LogP contribution in [-0.2, 0) is 16.1 Å². The van der Waals surface area contributed by atoms with E-state index in [1.807, 2.05) is 0 Å². The summed E-state index contributed by atoms with van der Waals surface area (Å²) in [5.74, 6) is -0.382. The summed E-state index contributed by atoms with van der Waals surface area (Å²) in [4.78, 5) is 20.0. The first-order valence-corrected chi connectivity index (χ1v) is 7.18. The highest BCUT2D eigenvalue weighted by atomic mass is 19.1. The van der Waals surface area contributed by atoms with Crippen LogP contribution in [0.5, 0.6) is 0 Å². The van der Waals surface area contributed by atoms with Gasteiger partial charge in [0.05, 0.1) is 24.8 Å². The van der Waals surface area contributed by atoms with Gasteiger partial charge in [-0.2, -0.15) is 0 Å². The Balaban J connectivity index is 2.15. The van der Waals surface area contributed by atoms with Crippen LogP contribution in [0.15, 0.2) is 48.9 Å². The first-order valence-electron chi connectivity index (χ1n) is 7.18. The molecular weight excluding hydrogens is 311 g/mol. The topological polar surface area (TPSA) is 83.0 Å². The number of aromatic nitrogens is 3. The van der Waals surface area contributed by atoms with Crippen LogP contribution in [0.1, 0.15) is 0 Å². The minimum atomic E-state index is -0.402. The molecule has 3 aromatic rings. The Hall–Kier alpha value is -3.22. The maximum absolute atomic E-state index is 13.2. The van der Waals surface area contributed by atoms with E-state index >= 15 is 0 Å². The predicted molar refractivity (Wildman–Crippen MR) is 87.3 cm³/mol. The molecule has 0 atom stereocenters. The van der Waals surface area contributed by atoms with Crippen molar-refractivity contribution in [2.75, 3.05) is 12.8 Å². The van der Waals surface area contributed by atoms with Crippen molar-refractivity contribution in [2.24, 2.45) is 0 Å². The molecule has 122 valence electrons. The number of hydrogen-bond donors (Lipinski definition) is 1. The lowest BCUT2D eigenvalue weighted by Gasteiger charge is -2.10. The molecule has 0 saturated heterocycles. The number of nitrogens with two attached hydrogens (primary N) is 1. The summed E-state index contributed by atoms with van der Waals surface area (Å²) >= 11 is 0. The van der Waals surface area contributed by atoms with E-state index in [2.05, 4.69) is 9.97 Å². The lowest BCUT2D eigenvalue weighted by molar-refractivity contribution is -0.141. The molecule has 0 fully saturated rings. The third kappa shape index (κ3) is 3.10. The number of methoxy groups -OCH3 is 1. The minimum absolute atomic E-state index is 0.00224. The Morgan fingerprint density at radius 1 is 1.21 bits per heavy atom. The fourth-order valence-electron chi connectivity index (χ4n) is 2.42. The fraction of sp³-hybridized carbons (Fsp3) is 0.118. The van der Waals surface area contributed by atoms with E-state index in [0.717, 1.165) is 11.1 Å². The van der Waals surface area contributed by atoms with Crippen LogP contribution in [0.25, 0.3) is 22.5 Å². The predicted octanol–water partition coefficient (Wildman–Crippen LogP) is 2.51. The SMILES string of the molecule is COC(=O)Cn1cnc(-c2ccc(F)cc2)c1-c1ccnc(N)c1. The molecule has 0 saturated carbocycles. The highest BCUT2D eigenvalue weighted by Crippen LogP contribution is 2.31. The first kappa shape index (κ1) is 15.7. The largest absolute Gasteiger partial charge is 0.468 e. The van der Waals surface area contributed by atoms with Crippen molar-refractivity contribution >= 4 is 11.8 Å². The van der Waals surface area contributed by atoms with E-state index < -0.39 is 5.97 Å². The van der Waals surface area contributed by atoms with Crippen molar-refractivity contribution < 1.29 is 13.9 Å². The molecule has 0 aliphatic carbocycles. The minimum Gasteiger partial charge on any atom is -0.468 e. The number of rotatable bonds is 4. The van der Waals surface area contributed by atoms with Gasteiger partial charge in [0.25, 0.3) is 0 Å². The van der Waals surface area contributed by atoms with Gasteiger partial charge in [-0.25, -0.2) is 14.4 Å². The zero-order chi connectivity index (χ0) is 17.1. The number of carbonyl (C=O) groups is 1. The van der Waals surface area contributed by atoms with Crippen molar-refractivity contribution in [3.05, 3.63) is 54.7 Å². The van der Waals surface area contributed by atoms with Crippen molar-refractivity contribution in [3.8, 4) is 22.5 Å². The lowest BCUT2D eigenvalue weighted by atomic mass is 10.1. The second-order valence-electron chi connectivity index (χ2n) is 5.12.